The maximum Gasteiger partial charge on any atom is 0.472 e. The van der Waals surface area contributed by atoms with Crippen LogP contribution in [0.3, 0.4) is 0 Å². The molecule has 0 aromatic rings. The molecule has 0 aromatic heterocycles. The Bertz CT molecular complexity index is 1390. The number of esters is 2. The molecule has 0 radical (unpaired) electrons. The van der Waals surface area contributed by atoms with Gasteiger partial charge in [0.2, 0.25) is 0 Å². The summed E-state index contributed by atoms with van der Waals surface area (Å²) in [6, 6.07) is 0. The van der Waals surface area contributed by atoms with Crippen molar-refractivity contribution in [3.63, 3.8) is 0 Å². The summed E-state index contributed by atoms with van der Waals surface area (Å²) in [4.78, 5) is 47.2. The molecule has 0 saturated carbocycles. The summed E-state index contributed by atoms with van der Waals surface area (Å²) in [5, 5.41) is 0. The van der Waals surface area contributed by atoms with Crippen LogP contribution in [0, 0.1) is 0 Å². The monoisotopic (exact) mass is 889 g/mol. The lowest BCUT2D eigenvalue weighted by Gasteiger charge is -2.24. The van der Waals surface area contributed by atoms with Gasteiger partial charge >= 0.3 is 19.8 Å². The highest BCUT2D eigenvalue weighted by Gasteiger charge is 2.27. The highest BCUT2D eigenvalue weighted by Crippen LogP contribution is 2.43. The molecule has 62 heavy (non-hydrogen) atoms. The van der Waals surface area contributed by atoms with Crippen LogP contribution in [-0.2, 0) is 37.5 Å². The summed E-state index contributed by atoms with van der Waals surface area (Å²) < 4.78 is 34.2. The lowest BCUT2D eigenvalue weighted by Crippen LogP contribution is -2.37. The van der Waals surface area contributed by atoms with E-state index < -0.39 is 32.5 Å². The highest BCUT2D eigenvalue weighted by molar-refractivity contribution is 7.47. The molecular formula is C51H87NO9P+. The van der Waals surface area contributed by atoms with Gasteiger partial charge < -0.3 is 18.9 Å². The summed E-state index contributed by atoms with van der Waals surface area (Å²) in [5.41, 5.74) is 0. The second-order valence-electron chi connectivity index (χ2n) is 16.8. The number of allylic oxidation sites excluding steroid dienone is 14. The van der Waals surface area contributed by atoms with Gasteiger partial charge in [-0.2, -0.15) is 0 Å². The minimum Gasteiger partial charge on any atom is -0.462 e. The van der Waals surface area contributed by atoms with Crippen LogP contribution >= 0.6 is 7.82 Å². The molecule has 0 aliphatic rings. The van der Waals surface area contributed by atoms with E-state index in [1.165, 1.54) is 32.1 Å². The summed E-state index contributed by atoms with van der Waals surface area (Å²) in [6.07, 6.45) is 50.5. The van der Waals surface area contributed by atoms with Gasteiger partial charge in [0.25, 0.3) is 0 Å². The number of rotatable bonds is 42. The number of phosphoric acid groups is 1. The molecule has 1 unspecified atom stereocenters. The molecule has 0 aliphatic heterocycles. The third kappa shape index (κ3) is 44.9. The van der Waals surface area contributed by atoms with Crippen LogP contribution in [0.15, 0.2) is 85.1 Å². The Hall–Kier alpha value is -3.14. The Balaban J connectivity index is 4.48. The number of carbonyl (C=O) groups is 3. The second-order valence-corrected chi connectivity index (χ2v) is 18.3. The molecule has 0 amide bonds. The van der Waals surface area contributed by atoms with Gasteiger partial charge in [-0.3, -0.25) is 23.4 Å². The maximum atomic E-state index is 12.7. The molecule has 0 rings (SSSR count). The first-order chi connectivity index (χ1) is 29.9. The summed E-state index contributed by atoms with van der Waals surface area (Å²) >= 11 is 0. The average Bonchev–Trinajstić information content (AvgIpc) is 3.22. The van der Waals surface area contributed by atoms with Crippen LogP contribution in [0.4, 0.5) is 0 Å². The quantitative estimate of drug-likeness (QED) is 0.0121. The SMILES string of the molecule is CCCCCC/C=C\C/C=C\C/C=C\CCCCCCCCC(=O)OC[C@H](COP(=O)(O)OCC[N+](C)(C)C)OC(=O)CCC/C=C\C/C=C\C/C=C\C=C\C(=O)CCCCC. The molecule has 1 N–H and O–H groups in total. The smallest absolute Gasteiger partial charge is 0.462 e. The number of ketones is 1. The fourth-order valence-corrected chi connectivity index (χ4v) is 6.59. The minimum absolute atomic E-state index is 0.00378. The zero-order chi connectivity index (χ0) is 45.8. The average molecular weight is 889 g/mol. The third-order valence-corrected chi connectivity index (χ3v) is 10.6. The molecule has 354 valence electrons. The van der Waals surface area contributed by atoms with Crippen molar-refractivity contribution in [2.45, 2.75) is 174 Å². The molecule has 0 heterocycles. The summed E-state index contributed by atoms with van der Waals surface area (Å²) in [7, 11) is 1.38. The number of hydrogen-bond acceptors (Lipinski definition) is 8. The number of carbonyl (C=O) groups excluding carboxylic acids is 3. The number of nitrogens with zero attached hydrogens (tertiary/aromatic N) is 1. The van der Waals surface area contributed by atoms with Crippen molar-refractivity contribution in [3.05, 3.63) is 85.1 Å². The summed E-state index contributed by atoms with van der Waals surface area (Å²) in [6.45, 7) is 4.13. The highest BCUT2D eigenvalue weighted by atomic mass is 31.2. The molecule has 11 heteroatoms. The normalized spacial score (nSPS) is 14.2. The van der Waals surface area contributed by atoms with Gasteiger partial charge in [0.05, 0.1) is 27.7 Å². The number of unbranched alkanes of at least 4 members (excludes halogenated alkanes) is 13. The van der Waals surface area contributed by atoms with Gasteiger partial charge in [0, 0.05) is 19.3 Å². The van der Waals surface area contributed by atoms with E-state index in [2.05, 4.69) is 62.5 Å². The maximum absolute atomic E-state index is 12.7. The van der Waals surface area contributed by atoms with Gasteiger partial charge in [0.15, 0.2) is 11.9 Å². The fourth-order valence-electron chi connectivity index (χ4n) is 5.85. The molecule has 2 atom stereocenters. The van der Waals surface area contributed by atoms with Crippen molar-refractivity contribution in [1.82, 2.24) is 0 Å². The van der Waals surface area contributed by atoms with E-state index in [0.29, 0.717) is 36.7 Å². The van der Waals surface area contributed by atoms with Crippen LogP contribution in [-0.4, -0.2) is 80.7 Å². The van der Waals surface area contributed by atoms with Crippen LogP contribution in [0.5, 0.6) is 0 Å². The van der Waals surface area contributed by atoms with Crippen molar-refractivity contribution < 1.29 is 46.8 Å². The molecular weight excluding hydrogens is 802 g/mol. The Kier molecular flexibility index (Phi) is 39.7. The van der Waals surface area contributed by atoms with Crippen LogP contribution in [0.2, 0.25) is 0 Å². The van der Waals surface area contributed by atoms with E-state index in [1.54, 1.807) is 12.2 Å². The van der Waals surface area contributed by atoms with Crippen molar-refractivity contribution in [2.24, 2.45) is 0 Å². The number of quaternary nitrogens is 1. The van der Waals surface area contributed by atoms with Gasteiger partial charge in [-0.1, -0.05) is 151 Å². The van der Waals surface area contributed by atoms with E-state index in [-0.39, 0.29) is 31.8 Å². The predicted octanol–water partition coefficient (Wildman–Crippen LogP) is 13.1. The van der Waals surface area contributed by atoms with E-state index in [9.17, 15) is 23.8 Å². The largest absolute Gasteiger partial charge is 0.472 e. The molecule has 0 bridgehead atoms. The van der Waals surface area contributed by atoms with Crippen molar-refractivity contribution >= 4 is 25.5 Å². The van der Waals surface area contributed by atoms with Crippen molar-refractivity contribution in [3.8, 4) is 0 Å². The lowest BCUT2D eigenvalue weighted by molar-refractivity contribution is -0.870. The Morgan fingerprint density at radius 3 is 1.63 bits per heavy atom. The predicted molar refractivity (Wildman–Crippen MR) is 257 cm³/mol. The van der Waals surface area contributed by atoms with Gasteiger partial charge in [0.1, 0.15) is 19.8 Å². The molecule has 0 aliphatic carbocycles. The fraction of sp³-hybridized carbons (Fsp3) is 0.667. The Morgan fingerprint density at radius 1 is 0.548 bits per heavy atom. The first-order valence-corrected chi connectivity index (χ1v) is 25.3. The van der Waals surface area contributed by atoms with Gasteiger partial charge in [-0.15, -0.1) is 0 Å². The number of ether oxygens (including phenoxy) is 2. The van der Waals surface area contributed by atoms with Crippen molar-refractivity contribution in [1.29, 1.82) is 0 Å². The third-order valence-electron chi connectivity index (χ3n) is 9.62. The second kappa shape index (κ2) is 41.8. The zero-order valence-corrected chi connectivity index (χ0v) is 40.5. The van der Waals surface area contributed by atoms with Crippen LogP contribution in [0.1, 0.15) is 168 Å². The molecule has 0 fully saturated rings. The number of hydrogen-bond donors (Lipinski definition) is 1. The number of phosphoric ester groups is 1. The summed E-state index contributed by atoms with van der Waals surface area (Å²) in [5.74, 6) is -0.754. The standard InChI is InChI=1S/C51H86NO9P/c1-6-8-10-11-12-13-14-15-16-17-18-19-20-21-22-25-28-31-34-38-42-50(54)58-46-49(47-60-62(56,57)59-45-44-52(3,4)5)61-51(55)43-39-35-32-29-26-23-24-27-30-33-37-41-48(53)40-36-9-7-2/h13-14,16-17,19-20,23-24,29-30,32-33,37,41,49H,6-12,15,18,21-22,25-28,31,34-36,38-40,42-47H2,1-5H3/p+1/b14-13-,17-16-,20-19-,24-23-,32-29-,33-30-,41-37+/t49-/m1/s1. The lowest BCUT2D eigenvalue weighted by atomic mass is 10.1. The first kappa shape index (κ1) is 58.9. The van der Waals surface area contributed by atoms with Gasteiger partial charge in [-0.05, 0) is 83.1 Å². The number of likely N-dealkylation sites (N-methyl/N-ethyl adjacent to an activating group) is 1. The van der Waals surface area contributed by atoms with Gasteiger partial charge in [-0.25, -0.2) is 4.57 Å². The topological polar surface area (TPSA) is 125 Å². The molecule has 0 aromatic carbocycles. The van der Waals surface area contributed by atoms with Crippen molar-refractivity contribution in [2.75, 3.05) is 47.5 Å². The Morgan fingerprint density at radius 2 is 1.03 bits per heavy atom. The molecule has 0 spiro atoms. The van der Waals surface area contributed by atoms with Crippen LogP contribution in [0.25, 0.3) is 0 Å². The first-order valence-electron chi connectivity index (χ1n) is 23.8. The van der Waals surface area contributed by atoms with E-state index in [1.807, 2.05) is 45.4 Å². The minimum atomic E-state index is -4.42. The zero-order valence-electron chi connectivity index (χ0n) is 39.6. The Labute approximate surface area is 377 Å². The van der Waals surface area contributed by atoms with E-state index in [0.717, 1.165) is 83.5 Å². The molecule has 0 saturated heterocycles. The van der Waals surface area contributed by atoms with Crippen LogP contribution < -0.4 is 0 Å². The van der Waals surface area contributed by atoms with E-state index in [4.69, 9.17) is 18.5 Å². The molecule has 10 nitrogen and oxygen atoms in total. The van der Waals surface area contributed by atoms with E-state index >= 15 is 0 Å².